The van der Waals surface area contributed by atoms with E-state index in [2.05, 4.69) is 59.0 Å². The number of aromatic amines is 1. The van der Waals surface area contributed by atoms with Crippen LogP contribution in [0, 0.1) is 11.8 Å². The van der Waals surface area contributed by atoms with E-state index < -0.39 is 52.4 Å². The van der Waals surface area contributed by atoms with Crippen molar-refractivity contribution in [1.29, 1.82) is 0 Å². The summed E-state index contributed by atoms with van der Waals surface area (Å²) in [5.74, 6) is -1.35. The van der Waals surface area contributed by atoms with Gasteiger partial charge in [-0.05, 0) is 73.5 Å². The molecule has 6 aliphatic rings. The number of carbonyl (C=O) groups excluding carboxylic acids is 3. The Morgan fingerprint density at radius 1 is 1.02 bits per heavy atom. The van der Waals surface area contributed by atoms with Crippen molar-refractivity contribution < 1.29 is 43.5 Å². The summed E-state index contributed by atoms with van der Waals surface area (Å²) in [6.07, 6.45) is 5.81. The van der Waals surface area contributed by atoms with Gasteiger partial charge >= 0.3 is 17.9 Å². The second kappa shape index (κ2) is 15.5. The van der Waals surface area contributed by atoms with E-state index in [1.807, 2.05) is 24.1 Å². The van der Waals surface area contributed by atoms with Crippen LogP contribution in [0.3, 0.4) is 0 Å². The molecule has 5 aliphatic heterocycles. The number of nitrogens with zero attached hydrogens (tertiary/aromatic N) is 3. The Kier molecular flexibility index (Phi) is 10.7. The molecule has 1 saturated heterocycles. The van der Waals surface area contributed by atoms with Crippen molar-refractivity contribution in [2.45, 2.75) is 92.5 Å². The number of nitrogens with one attached hydrogen (secondary N) is 1. The number of benzene rings is 2. The lowest BCUT2D eigenvalue weighted by Crippen LogP contribution is -2.78. The minimum atomic E-state index is -2.27. The monoisotopic (exact) mass is 854 g/mol. The lowest BCUT2D eigenvalue weighted by atomic mass is 9.52. The summed E-state index contributed by atoms with van der Waals surface area (Å²) in [6.45, 7) is 9.16. The topological polar surface area (TPSA) is 154 Å². The number of rotatable bonds is 10. The molecule has 6 heterocycles. The van der Waals surface area contributed by atoms with Gasteiger partial charge in [-0.1, -0.05) is 37.1 Å². The van der Waals surface area contributed by atoms with Crippen molar-refractivity contribution in [3.8, 4) is 5.75 Å². The standard InChI is InChI=1S/C47H58N4O9S/c1-8-27-18-28-22-46(43(54)58-6,39-32(25-50(23-27)24-28)31-19-30(61-17-16-52)10-11-35(31)48-39)34-20-33-36(21-37(34)57-5)49(4)42-45(33)13-15-51-14-12-29(9-2)38(40(45)51)41(60-26(3)53)47(42,56)44(55)59-7/h10-12,18-21,28,38,40-42,48,52,56H,8-9,13-17,22-25H2,1-7H3/t28-,38?,40+,41-,42-,45-,46+,47-/m1/s1. The average Bonchev–Trinajstić information content (AvgIpc) is 3.90. The molecule has 9 atom stereocenters. The maximum absolute atomic E-state index is 15.3. The summed E-state index contributed by atoms with van der Waals surface area (Å²) in [6, 6.07) is 9.19. The minimum absolute atomic E-state index is 0.00453. The average molecular weight is 855 g/mol. The van der Waals surface area contributed by atoms with Crippen molar-refractivity contribution in [3.05, 3.63) is 76.0 Å². The lowest BCUT2D eigenvalue weighted by molar-refractivity contribution is -0.212. The van der Waals surface area contributed by atoms with Gasteiger partial charge in [0.15, 0.2) is 6.10 Å². The number of likely N-dealkylation sites (N-methyl/N-ethyl adjacent to an activating group) is 1. The highest BCUT2D eigenvalue weighted by Crippen LogP contribution is 2.65. The zero-order chi connectivity index (χ0) is 43.2. The Morgan fingerprint density at radius 3 is 2.49 bits per heavy atom. The van der Waals surface area contributed by atoms with Crippen molar-refractivity contribution >= 4 is 46.3 Å². The molecule has 1 saturated carbocycles. The maximum Gasteiger partial charge on any atom is 0.344 e. The molecule has 2 bridgehead atoms. The number of thioether (sulfide) groups is 1. The molecule has 0 amide bonds. The van der Waals surface area contributed by atoms with E-state index in [4.69, 9.17) is 18.9 Å². The smallest absolute Gasteiger partial charge is 0.344 e. The summed E-state index contributed by atoms with van der Waals surface area (Å²) < 4.78 is 23.9. The minimum Gasteiger partial charge on any atom is -0.496 e. The van der Waals surface area contributed by atoms with Crippen LogP contribution in [0.15, 0.2) is 58.5 Å². The summed E-state index contributed by atoms with van der Waals surface area (Å²) in [5.41, 5.74) is 2.78. The Balaban J connectivity index is 1.35. The van der Waals surface area contributed by atoms with Gasteiger partial charge in [0.05, 0.1) is 34.0 Å². The number of H-pyrrole nitrogens is 1. The Bertz CT molecular complexity index is 2360. The van der Waals surface area contributed by atoms with E-state index in [-0.39, 0.29) is 18.6 Å². The molecule has 0 radical (unpaired) electrons. The summed E-state index contributed by atoms with van der Waals surface area (Å²) in [5, 5.41) is 24.0. The molecule has 326 valence electrons. The number of aliphatic hydroxyl groups is 2. The molecule has 13 nitrogen and oxygen atoms in total. The molecule has 14 heteroatoms. The van der Waals surface area contributed by atoms with E-state index in [1.54, 1.807) is 18.9 Å². The molecule has 2 unspecified atom stereocenters. The first kappa shape index (κ1) is 42.0. The molecule has 1 aliphatic carbocycles. The number of fused-ring (bicyclic) bond motifs is 6. The normalized spacial score (nSPS) is 32.4. The SMILES string of the molecule is CCC1=C[C@H]2CN(C1)Cc1c([nH]c3ccc(SCCO)cc13)[C@@](C(=O)OC)(c1cc3c(cc1OC)N(C)[C@H]1[C@@](O)(C(=O)OC)[C@H](OC(C)=O)C4C(CC)=CCN5CC[C@]31[C@H]45)C2. The first-order valence-electron chi connectivity index (χ1n) is 21.6. The number of hydrogen-bond donors (Lipinski definition) is 3. The number of hydrogen-bond acceptors (Lipinski definition) is 13. The zero-order valence-electron chi connectivity index (χ0n) is 36.2. The Labute approximate surface area is 361 Å². The fourth-order valence-electron chi connectivity index (χ4n) is 12.9. The van der Waals surface area contributed by atoms with Crippen LogP contribution in [-0.4, -0.2) is 134 Å². The molecule has 61 heavy (non-hydrogen) atoms. The van der Waals surface area contributed by atoms with Gasteiger partial charge in [-0.2, -0.15) is 0 Å². The summed E-state index contributed by atoms with van der Waals surface area (Å²) >= 11 is 1.59. The number of esters is 3. The third-order valence-electron chi connectivity index (χ3n) is 15.0. The van der Waals surface area contributed by atoms with Crippen LogP contribution in [0.2, 0.25) is 0 Å². The number of carbonyl (C=O) groups is 3. The van der Waals surface area contributed by atoms with Crippen LogP contribution in [0.4, 0.5) is 5.69 Å². The quantitative estimate of drug-likeness (QED) is 0.111. The lowest BCUT2D eigenvalue weighted by Gasteiger charge is -2.59. The molecule has 2 fully saturated rings. The summed E-state index contributed by atoms with van der Waals surface area (Å²) in [4.78, 5) is 54.3. The Morgan fingerprint density at radius 2 is 1.80 bits per heavy atom. The van der Waals surface area contributed by atoms with Crippen LogP contribution in [0.1, 0.15) is 68.8 Å². The highest BCUT2D eigenvalue weighted by molar-refractivity contribution is 7.99. The van der Waals surface area contributed by atoms with Gasteiger partial charge in [0.25, 0.3) is 0 Å². The highest BCUT2D eigenvalue weighted by atomic mass is 32.2. The van der Waals surface area contributed by atoms with Gasteiger partial charge < -0.3 is 39.0 Å². The first-order chi connectivity index (χ1) is 29.3. The Hall–Kier alpha value is -4.34. The van der Waals surface area contributed by atoms with E-state index in [0.29, 0.717) is 56.0 Å². The van der Waals surface area contributed by atoms with Crippen molar-refractivity contribution in [1.82, 2.24) is 14.8 Å². The molecule has 1 aromatic heterocycles. The van der Waals surface area contributed by atoms with Crippen molar-refractivity contribution in [2.75, 3.05) is 71.8 Å². The zero-order valence-corrected chi connectivity index (χ0v) is 37.0. The number of methoxy groups -OCH3 is 3. The summed E-state index contributed by atoms with van der Waals surface area (Å²) in [7, 11) is 6.20. The molecule has 1 spiro atoms. The van der Waals surface area contributed by atoms with Gasteiger partial charge in [0, 0.05) is 102 Å². The van der Waals surface area contributed by atoms with Crippen molar-refractivity contribution in [3.63, 3.8) is 0 Å². The highest BCUT2D eigenvalue weighted by Gasteiger charge is 2.77. The molecular formula is C47H58N4O9S. The predicted octanol–water partition coefficient (Wildman–Crippen LogP) is 4.84. The van der Waals surface area contributed by atoms with Crippen molar-refractivity contribution in [2.24, 2.45) is 11.8 Å². The molecular weight excluding hydrogens is 797 g/mol. The number of anilines is 1. The molecule has 2 aromatic carbocycles. The first-order valence-corrected chi connectivity index (χ1v) is 22.6. The van der Waals surface area contributed by atoms with E-state index >= 15 is 4.79 Å². The number of aromatic nitrogens is 1. The molecule has 3 N–H and O–H groups in total. The van der Waals surface area contributed by atoms with Gasteiger partial charge in [-0.25, -0.2) is 4.79 Å². The van der Waals surface area contributed by atoms with Crippen LogP contribution in [-0.2, 0) is 46.0 Å². The van der Waals surface area contributed by atoms with Crippen LogP contribution >= 0.6 is 11.8 Å². The van der Waals surface area contributed by atoms with Gasteiger partial charge in [-0.15, -0.1) is 11.8 Å². The third-order valence-corrected chi connectivity index (χ3v) is 16.0. The largest absolute Gasteiger partial charge is 0.496 e. The predicted molar refractivity (Wildman–Crippen MR) is 232 cm³/mol. The van der Waals surface area contributed by atoms with E-state index in [1.165, 1.54) is 26.7 Å². The van der Waals surface area contributed by atoms with E-state index in [0.717, 1.165) is 63.4 Å². The molecule has 9 rings (SSSR count). The number of aliphatic hydroxyl groups excluding tert-OH is 1. The second-order valence-electron chi connectivity index (χ2n) is 17.8. The second-order valence-corrected chi connectivity index (χ2v) is 19.0. The van der Waals surface area contributed by atoms with E-state index in [9.17, 15) is 19.8 Å². The number of ether oxygens (including phenoxy) is 4. The maximum atomic E-state index is 15.3. The van der Waals surface area contributed by atoms with Crippen LogP contribution < -0.4 is 9.64 Å². The van der Waals surface area contributed by atoms with Crippen LogP contribution in [0.5, 0.6) is 5.75 Å². The van der Waals surface area contributed by atoms with Crippen LogP contribution in [0.25, 0.3) is 10.9 Å². The van der Waals surface area contributed by atoms with Gasteiger partial charge in [0.2, 0.25) is 5.60 Å². The third kappa shape index (κ3) is 5.91. The fourth-order valence-corrected chi connectivity index (χ4v) is 13.5. The fraction of sp³-hybridized carbons (Fsp3) is 0.553. The van der Waals surface area contributed by atoms with Gasteiger partial charge in [0.1, 0.15) is 11.2 Å². The molecule has 3 aromatic rings. The van der Waals surface area contributed by atoms with Gasteiger partial charge in [-0.3, -0.25) is 19.4 Å².